The van der Waals surface area contributed by atoms with Gasteiger partial charge in [-0.2, -0.15) is 0 Å². The number of hydrogen-bond acceptors (Lipinski definition) is 4. The molecule has 0 amide bonds. The van der Waals surface area contributed by atoms with Crippen LogP contribution in [0, 0.1) is 17.8 Å². The van der Waals surface area contributed by atoms with Gasteiger partial charge >= 0.3 is 5.97 Å². The van der Waals surface area contributed by atoms with Crippen molar-refractivity contribution in [3.8, 4) is 0 Å². The summed E-state index contributed by atoms with van der Waals surface area (Å²) in [5, 5.41) is 3.63. The molecule has 17 heavy (non-hydrogen) atoms. The molecule has 1 N–H and O–H groups in total. The van der Waals surface area contributed by atoms with Crippen LogP contribution in [0.1, 0.15) is 26.7 Å². The highest BCUT2D eigenvalue weighted by Crippen LogP contribution is 2.38. The van der Waals surface area contributed by atoms with Crippen LogP contribution in [0.25, 0.3) is 0 Å². The number of esters is 1. The number of ether oxygens (including phenoxy) is 2. The second-order valence-corrected chi connectivity index (χ2v) is 5.60. The summed E-state index contributed by atoms with van der Waals surface area (Å²) in [4.78, 5) is 11.6. The topological polar surface area (TPSA) is 47.6 Å². The van der Waals surface area contributed by atoms with Crippen LogP contribution in [0.4, 0.5) is 0 Å². The monoisotopic (exact) mass is 241 g/mol. The highest BCUT2D eigenvalue weighted by Gasteiger charge is 2.43. The Balaban J connectivity index is 2.03. The van der Waals surface area contributed by atoms with Crippen LogP contribution in [-0.2, 0) is 14.3 Å². The number of methoxy groups -OCH3 is 1. The van der Waals surface area contributed by atoms with E-state index in [4.69, 9.17) is 9.47 Å². The summed E-state index contributed by atoms with van der Waals surface area (Å²) in [7, 11) is 1.48. The number of nitrogens with one attached hydrogen (secondary N) is 1. The third-order valence-electron chi connectivity index (χ3n) is 3.91. The van der Waals surface area contributed by atoms with Gasteiger partial charge in [-0.15, -0.1) is 0 Å². The van der Waals surface area contributed by atoms with Crippen LogP contribution in [0.2, 0.25) is 0 Å². The highest BCUT2D eigenvalue weighted by molar-refractivity contribution is 5.72. The van der Waals surface area contributed by atoms with Gasteiger partial charge in [0.2, 0.25) is 0 Å². The number of carbonyl (C=O) groups is 1. The molecule has 2 fully saturated rings. The molecule has 1 heterocycles. The predicted octanol–water partition coefficient (Wildman–Crippen LogP) is 1.20. The molecule has 1 saturated carbocycles. The maximum atomic E-state index is 11.6. The van der Waals surface area contributed by atoms with Crippen LogP contribution < -0.4 is 5.32 Å². The molecule has 0 spiro atoms. The molecule has 0 aromatic rings. The minimum absolute atomic E-state index is 0.0510. The van der Waals surface area contributed by atoms with E-state index in [2.05, 4.69) is 19.2 Å². The van der Waals surface area contributed by atoms with Crippen LogP contribution in [0.15, 0.2) is 0 Å². The molecule has 4 heteroatoms. The molecule has 1 aliphatic heterocycles. The second kappa shape index (κ2) is 5.36. The lowest BCUT2D eigenvalue weighted by atomic mass is 9.70. The van der Waals surface area contributed by atoms with Gasteiger partial charge in [0.05, 0.1) is 26.2 Å². The summed E-state index contributed by atoms with van der Waals surface area (Å²) in [6.45, 7) is 5.88. The Morgan fingerprint density at radius 1 is 1.29 bits per heavy atom. The van der Waals surface area contributed by atoms with Gasteiger partial charge in [0.1, 0.15) is 0 Å². The fourth-order valence-corrected chi connectivity index (χ4v) is 3.24. The zero-order valence-corrected chi connectivity index (χ0v) is 10.9. The number of rotatable bonds is 3. The van der Waals surface area contributed by atoms with E-state index >= 15 is 0 Å². The third kappa shape index (κ3) is 2.80. The fourth-order valence-electron chi connectivity index (χ4n) is 3.24. The van der Waals surface area contributed by atoms with Crippen LogP contribution in [-0.4, -0.2) is 38.4 Å². The van der Waals surface area contributed by atoms with Crippen molar-refractivity contribution in [1.29, 1.82) is 0 Å². The Bertz CT molecular complexity index is 266. The molecule has 98 valence electrons. The molecular formula is C13H23NO3. The molecule has 4 atom stereocenters. The van der Waals surface area contributed by atoms with E-state index in [-0.39, 0.29) is 11.9 Å². The number of carbonyl (C=O) groups excluding carboxylic acids is 1. The van der Waals surface area contributed by atoms with E-state index in [1.807, 2.05) is 0 Å². The lowest BCUT2D eigenvalue weighted by Crippen LogP contribution is -2.55. The van der Waals surface area contributed by atoms with Crippen molar-refractivity contribution < 1.29 is 14.3 Å². The average molecular weight is 241 g/mol. The van der Waals surface area contributed by atoms with Gasteiger partial charge in [-0.05, 0) is 24.7 Å². The van der Waals surface area contributed by atoms with Gasteiger partial charge in [0.15, 0.2) is 0 Å². The molecule has 0 radical (unpaired) electrons. The Hall–Kier alpha value is -0.610. The first-order chi connectivity index (χ1) is 8.11. The fraction of sp³-hybridized carbons (Fsp3) is 0.923. The van der Waals surface area contributed by atoms with E-state index in [9.17, 15) is 4.79 Å². The maximum Gasteiger partial charge on any atom is 0.308 e. The molecule has 2 rings (SSSR count). The first-order valence-corrected chi connectivity index (χ1v) is 6.53. The summed E-state index contributed by atoms with van der Waals surface area (Å²) in [5.41, 5.74) is 0. The Morgan fingerprint density at radius 2 is 1.88 bits per heavy atom. The van der Waals surface area contributed by atoms with E-state index in [1.54, 1.807) is 0 Å². The molecular weight excluding hydrogens is 218 g/mol. The maximum absolute atomic E-state index is 11.6. The summed E-state index contributed by atoms with van der Waals surface area (Å²) in [6.07, 6.45) is 1.79. The summed E-state index contributed by atoms with van der Waals surface area (Å²) in [6, 6.07) is 0.988. The first kappa shape index (κ1) is 12.8. The van der Waals surface area contributed by atoms with Crippen molar-refractivity contribution in [3.63, 3.8) is 0 Å². The van der Waals surface area contributed by atoms with E-state index in [1.165, 1.54) is 7.11 Å². The van der Waals surface area contributed by atoms with Gasteiger partial charge in [-0.1, -0.05) is 13.8 Å². The van der Waals surface area contributed by atoms with Crippen molar-refractivity contribution in [1.82, 2.24) is 5.32 Å². The van der Waals surface area contributed by atoms with Crippen molar-refractivity contribution in [3.05, 3.63) is 0 Å². The van der Waals surface area contributed by atoms with E-state index in [0.717, 1.165) is 26.1 Å². The summed E-state index contributed by atoms with van der Waals surface area (Å²) in [5.74, 6) is 0.928. The average Bonchev–Trinajstić information content (AvgIpc) is 2.26. The molecule has 2 unspecified atom stereocenters. The number of fused-ring (bicyclic) bond motifs is 2. The molecule has 2 bridgehead atoms. The third-order valence-corrected chi connectivity index (χ3v) is 3.91. The summed E-state index contributed by atoms with van der Waals surface area (Å²) >= 11 is 0. The quantitative estimate of drug-likeness (QED) is 0.754. The Kier molecular flexibility index (Phi) is 4.05. The van der Waals surface area contributed by atoms with Crippen LogP contribution in [0.5, 0.6) is 0 Å². The van der Waals surface area contributed by atoms with Crippen LogP contribution >= 0.6 is 0 Å². The van der Waals surface area contributed by atoms with Gasteiger partial charge in [0, 0.05) is 12.1 Å². The summed E-state index contributed by atoms with van der Waals surface area (Å²) < 4.78 is 10.5. The lowest BCUT2D eigenvalue weighted by Gasteiger charge is -2.45. The van der Waals surface area contributed by atoms with Gasteiger partial charge < -0.3 is 14.8 Å². The standard InChI is InChI=1S/C13H23NO3/c1-8(2)14-12-10-4-9(13(15)16-3)5-11(12)7-17-6-10/h8-12,14H,4-7H2,1-3H3/t9?,10-,11+,12?. The predicted molar refractivity (Wildman–Crippen MR) is 64.6 cm³/mol. The minimum Gasteiger partial charge on any atom is -0.469 e. The van der Waals surface area contributed by atoms with Crippen LogP contribution in [0.3, 0.4) is 0 Å². The number of hydrogen-bond donors (Lipinski definition) is 1. The molecule has 2 aliphatic rings. The van der Waals surface area contributed by atoms with E-state index in [0.29, 0.717) is 23.9 Å². The molecule has 4 nitrogen and oxygen atoms in total. The van der Waals surface area contributed by atoms with Crippen molar-refractivity contribution in [2.45, 2.75) is 38.8 Å². The highest BCUT2D eigenvalue weighted by atomic mass is 16.5. The molecule has 1 aliphatic carbocycles. The Labute approximate surface area is 103 Å². The molecule has 0 aromatic heterocycles. The minimum atomic E-state index is -0.0510. The van der Waals surface area contributed by atoms with Gasteiger partial charge in [-0.3, -0.25) is 4.79 Å². The van der Waals surface area contributed by atoms with Crippen molar-refractivity contribution in [2.75, 3.05) is 20.3 Å². The zero-order valence-electron chi connectivity index (χ0n) is 10.9. The molecule has 1 saturated heterocycles. The van der Waals surface area contributed by atoms with Gasteiger partial charge in [0.25, 0.3) is 0 Å². The largest absolute Gasteiger partial charge is 0.469 e. The van der Waals surface area contributed by atoms with E-state index < -0.39 is 0 Å². The Morgan fingerprint density at radius 3 is 2.35 bits per heavy atom. The normalized spacial score (nSPS) is 36.9. The SMILES string of the molecule is COC(=O)C1C[C@H]2COC[C@@H](C1)C2NC(C)C. The zero-order chi connectivity index (χ0) is 12.4. The second-order valence-electron chi connectivity index (χ2n) is 5.60. The first-order valence-electron chi connectivity index (χ1n) is 6.53. The van der Waals surface area contributed by atoms with Crippen molar-refractivity contribution in [2.24, 2.45) is 17.8 Å². The lowest BCUT2D eigenvalue weighted by molar-refractivity contribution is -0.151. The van der Waals surface area contributed by atoms with Gasteiger partial charge in [-0.25, -0.2) is 0 Å². The molecule has 0 aromatic carbocycles. The van der Waals surface area contributed by atoms with Crippen molar-refractivity contribution >= 4 is 5.97 Å². The smallest absolute Gasteiger partial charge is 0.308 e.